The van der Waals surface area contributed by atoms with Gasteiger partial charge in [0.25, 0.3) is 0 Å². The Morgan fingerprint density at radius 3 is 2.66 bits per heavy atom. The number of carbonyl (C=O) groups excluding carboxylic acids is 1. The lowest BCUT2D eigenvalue weighted by atomic mass is 9.96. The van der Waals surface area contributed by atoms with Crippen molar-refractivity contribution in [1.82, 2.24) is 19.9 Å². The summed E-state index contributed by atoms with van der Waals surface area (Å²) < 4.78 is 13.8. The lowest BCUT2D eigenvalue weighted by molar-refractivity contribution is -0.115. The quantitative estimate of drug-likeness (QED) is 0.631. The number of carbonyl (C=O) groups is 1. The number of amides is 1. The van der Waals surface area contributed by atoms with E-state index in [0.29, 0.717) is 0 Å². The summed E-state index contributed by atoms with van der Waals surface area (Å²) in [6.45, 7) is 6.66. The maximum absolute atomic E-state index is 13.8. The van der Waals surface area contributed by atoms with E-state index < -0.39 is 5.82 Å². The van der Waals surface area contributed by atoms with Crippen LogP contribution in [0.15, 0.2) is 48.8 Å². The number of piperidine rings is 1. The molecular formula is C25H28FN5O. The third-order valence-electron chi connectivity index (χ3n) is 5.92. The van der Waals surface area contributed by atoms with Crippen LogP contribution in [0.5, 0.6) is 0 Å². The van der Waals surface area contributed by atoms with Gasteiger partial charge in [-0.15, -0.1) is 0 Å². The van der Waals surface area contributed by atoms with E-state index in [4.69, 9.17) is 9.97 Å². The molecule has 32 heavy (non-hydrogen) atoms. The number of anilines is 1. The molecule has 1 aliphatic rings. The number of halogens is 1. The number of hydrogen-bond donors (Lipinski definition) is 1. The first kappa shape index (κ1) is 22.0. The number of aromatic nitrogens is 3. The van der Waals surface area contributed by atoms with E-state index in [1.807, 2.05) is 26.1 Å². The van der Waals surface area contributed by atoms with Gasteiger partial charge in [-0.05, 0) is 57.0 Å². The van der Waals surface area contributed by atoms with E-state index in [-0.39, 0.29) is 23.9 Å². The number of aryl methyl sites for hydroxylation is 2. The lowest BCUT2D eigenvalue weighted by Gasteiger charge is -2.32. The molecule has 6 nitrogen and oxygen atoms in total. The Hall–Kier alpha value is -3.19. The largest absolute Gasteiger partial charge is 0.323 e. The van der Waals surface area contributed by atoms with Crippen LogP contribution >= 0.6 is 0 Å². The van der Waals surface area contributed by atoms with Crippen LogP contribution in [0.25, 0.3) is 0 Å². The predicted molar refractivity (Wildman–Crippen MR) is 122 cm³/mol. The number of nitrogens with one attached hydrogen (secondary N) is 1. The number of rotatable bonds is 6. The Bertz CT molecular complexity index is 1070. The van der Waals surface area contributed by atoms with E-state index in [1.165, 1.54) is 11.6 Å². The van der Waals surface area contributed by atoms with Crippen molar-refractivity contribution in [3.63, 3.8) is 0 Å². The maximum Gasteiger partial charge on any atom is 0.229 e. The topological polar surface area (TPSA) is 71.0 Å². The van der Waals surface area contributed by atoms with Crippen LogP contribution in [0.1, 0.15) is 47.1 Å². The van der Waals surface area contributed by atoms with Gasteiger partial charge in [0.1, 0.15) is 11.6 Å². The monoisotopic (exact) mass is 433 g/mol. The molecule has 166 valence electrons. The van der Waals surface area contributed by atoms with Gasteiger partial charge in [0.2, 0.25) is 5.91 Å². The Morgan fingerprint density at radius 1 is 1.16 bits per heavy atom. The zero-order valence-corrected chi connectivity index (χ0v) is 18.5. The first-order valence-electron chi connectivity index (χ1n) is 11.0. The maximum atomic E-state index is 13.8. The number of nitrogens with zero attached hydrogens (tertiary/aromatic N) is 4. The van der Waals surface area contributed by atoms with Gasteiger partial charge in [-0.3, -0.25) is 14.7 Å². The van der Waals surface area contributed by atoms with Gasteiger partial charge in [-0.25, -0.2) is 14.4 Å². The summed E-state index contributed by atoms with van der Waals surface area (Å²) in [6.07, 6.45) is 5.97. The van der Waals surface area contributed by atoms with Crippen LogP contribution < -0.4 is 5.32 Å². The molecule has 3 heterocycles. The first-order chi connectivity index (χ1) is 15.5. The van der Waals surface area contributed by atoms with E-state index in [9.17, 15) is 9.18 Å². The van der Waals surface area contributed by atoms with E-state index in [0.717, 1.165) is 55.3 Å². The average Bonchev–Trinajstić information content (AvgIpc) is 2.78. The second kappa shape index (κ2) is 9.96. The zero-order chi connectivity index (χ0) is 22.5. The minimum absolute atomic E-state index is 0.115. The third kappa shape index (κ3) is 5.34. The molecule has 0 aliphatic carbocycles. The fourth-order valence-corrected chi connectivity index (χ4v) is 4.28. The van der Waals surface area contributed by atoms with Crippen molar-refractivity contribution in [3.05, 3.63) is 82.9 Å². The summed E-state index contributed by atoms with van der Waals surface area (Å²) in [4.78, 5) is 28.7. The van der Waals surface area contributed by atoms with E-state index >= 15 is 0 Å². The van der Waals surface area contributed by atoms with Crippen LogP contribution in [0, 0.1) is 19.7 Å². The Kier molecular flexibility index (Phi) is 6.85. The van der Waals surface area contributed by atoms with Crippen LogP contribution in [-0.2, 0) is 17.8 Å². The molecule has 1 aliphatic heterocycles. The highest BCUT2D eigenvalue weighted by Crippen LogP contribution is 2.27. The molecule has 2 aromatic heterocycles. The van der Waals surface area contributed by atoms with E-state index in [1.54, 1.807) is 24.4 Å². The van der Waals surface area contributed by atoms with Gasteiger partial charge in [-0.1, -0.05) is 18.2 Å². The Balaban J connectivity index is 1.44. The lowest BCUT2D eigenvalue weighted by Crippen LogP contribution is -2.34. The molecule has 1 atom stereocenters. The van der Waals surface area contributed by atoms with Crippen LogP contribution in [0.3, 0.4) is 0 Å². The summed E-state index contributed by atoms with van der Waals surface area (Å²) in [5.74, 6) is 0.375. The average molecular weight is 434 g/mol. The molecule has 1 saturated heterocycles. The Labute approximate surface area is 187 Å². The van der Waals surface area contributed by atoms with Crippen molar-refractivity contribution in [2.75, 3.05) is 18.4 Å². The predicted octanol–water partition coefficient (Wildman–Crippen LogP) is 4.19. The number of para-hydroxylation sites is 1. The van der Waals surface area contributed by atoms with Crippen LogP contribution in [-0.4, -0.2) is 38.8 Å². The smallest absolute Gasteiger partial charge is 0.229 e. The normalized spacial score (nSPS) is 16.7. The van der Waals surface area contributed by atoms with E-state index in [2.05, 4.69) is 21.3 Å². The van der Waals surface area contributed by atoms with Crippen molar-refractivity contribution in [2.24, 2.45) is 0 Å². The van der Waals surface area contributed by atoms with Crippen molar-refractivity contribution in [1.29, 1.82) is 0 Å². The van der Waals surface area contributed by atoms with Crippen LogP contribution in [0.4, 0.5) is 10.1 Å². The molecule has 0 unspecified atom stereocenters. The molecule has 1 fully saturated rings. The van der Waals surface area contributed by atoms with Gasteiger partial charge >= 0.3 is 0 Å². The van der Waals surface area contributed by atoms with Crippen molar-refractivity contribution in [2.45, 2.75) is 45.6 Å². The fourth-order valence-electron chi connectivity index (χ4n) is 4.28. The summed E-state index contributed by atoms with van der Waals surface area (Å²) in [6, 6.07) is 10.2. The summed E-state index contributed by atoms with van der Waals surface area (Å²) in [5, 5.41) is 2.64. The molecule has 1 aromatic carbocycles. The molecule has 0 saturated carbocycles. The van der Waals surface area contributed by atoms with Crippen molar-refractivity contribution < 1.29 is 9.18 Å². The summed E-state index contributed by atoms with van der Waals surface area (Å²) in [7, 11) is 0. The summed E-state index contributed by atoms with van der Waals surface area (Å²) >= 11 is 0. The van der Waals surface area contributed by atoms with Gasteiger partial charge in [-0.2, -0.15) is 0 Å². The van der Waals surface area contributed by atoms with Gasteiger partial charge in [0.15, 0.2) is 0 Å². The zero-order valence-electron chi connectivity index (χ0n) is 18.5. The Morgan fingerprint density at radius 2 is 1.94 bits per heavy atom. The van der Waals surface area contributed by atoms with Crippen LogP contribution in [0.2, 0.25) is 0 Å². The summed E-state index contributed by atoms with van der Waals surface area (Å²) in [5.41, 5.74) is 3.80. The number of likely N-dealkylation sites (tertiary alicyclic amines) is 1. The fraction of sp³-hybridized carbons (Fsp3) is 0.360. The molecule has 0 spiro atoms. The van der Waals surface area contributed by atoms with Crippen molar-refractivity contribution >= 4 is 11.6 Å². The number of hydrogen-bond acceptors (Lipinski definition) is 5. The second-order valence-corrected chi connectivity index (χ2v) is 8.37. The number of pyridine rings is 1. The SMILES string of the molecule is Cc1nc([C@H]2CCCN(Cc3cccnc3)C2)nc(C)c1CC(=O)Nc1ccccc1F. The molecule has 7 heteroatoms. The number of benzene rings is 1. The highest BCUT2D eigenvalue weighted by Gasteiger charge is 2.25. The molecule has 1 amide bonds. The van der Waals surface area contributed by atoms with Gasteiger partial charge in [0, 0.05) is 48.4 Å². The molecular weight excluding hydrogens is 405 g/mol. The molecule has 0 bridgehead atoms. The van der Waals surface area contributed by atoms with Gasteiger partial charge in [0.05, 0.1) is 12.1 Å². The molecule has 0 radical (unpaired) electrons. The minimum atomic E-state index is -0.450. The minimum Gasteiger partial charge on any atom is -0.323 e. The first-order valence-corrected chi connectivity index (χ1v) is 11.0. The molecule has 1 N–H and O–H groups in total. The second-order valence-electron chi connectivity index (χ2n) is 8.37. The third-order valence-corrected chi connectivity index (χ3v) is 5.92. The standard InChI is InChI=1S/C25H28FN5O/c1-17-21(13-24(32)30-23-10-4-3-9-22(23)26)18(2)29-25(28-17)20-8-6-12-31(16-20)15-19-7-5-11-27-14-19/h3-5,7,9-11,14,20H,6,8,12-13,15-16H2,1-2H3,(H,30,32)/t20-/m0/s1. The highest BCUT2D eigenvalue weighted by atomic mass is 19.1. The van der Waals surface area contributed by atoms with Crippen molar-refractivity contribution in [3.8, 4) is 0 Å². The molecule has 3 aromatic rings. The highest BCUT2D eigenvalue weighted by molar-refractivity contribution is 5.92. The molecule has 4 rings (SSSR count). The van der Waals surface area contributed by atoms with Gasteiger partial charge < -0.3 is 5.32 Å².